The lowest BCUT2D eigenvalue weighted by Crippen LogP contribution is -2.57. The van der Waals surface area contributed by atoms with E-state index in [4.69, 9.17) is 0 Å². The molecule has 128 valence electrons. The van der Waals surface area contributed by atoms with Crippen LogP contribution in [0.1, 0.15) is 39.0 Å². The largest absolute Gasteiger partial charge is 0.408 e. The van der Waals surface area contributed by atoms with E-state index in [-0.39, 0.29) is 17.9 Å². The molecule has 2 N–H and O–H groups in total. The first-order chi connectivity index (χ1) is 10.0. The third-order valence-corrected chi connectivity index (χ3v) is 6.33. The SMILES string of the molecule is CC1(NC(=O)NC(C2CCCC2)C(F)(F)F)CCS(=O)(=O)C1. The quantitative estimate of drug-likeness (QED) is 0.823. The average Bonchev–Trinajstić information content (AvgIpc) is 2.93. The van der Waals surface area contributed by atoms with Gasteiger partial charge in [-0.25, -0.2) is 13.2 Å². The number of alkyl halides is 3. The number of urea groups is 1. The molecule has 1 saturated carbocycles. The molecule has 0 bridgehead atoms. The molecule has 2 amide bonds. The van der Waals surface area contributed by atoms with Crippen LogP contribution in [-0.2, 0) is 9.84 Å². The maximum Gasteiger partial charge on any atom is 0.408 e. The molecule has 2 atom stereocenters. The topological polar surface area (TPSA) is 75.3 Å². The summed E-state index contributed by atoms with van der Waals surface area (Å²) in [6.07, 6.45) is -1.95. The van der Waals surface area contributed by atoms with E-state index in [1.807, 2.05) is 5.32 Å². The van der Waals surface area contributed by atoms with Crippen molar-refractivity contribution in [2.75, 3.05) is 11.5 Å². The van der Waals surface area contributed by atoms with Crippen LogP contribution in [0.3, 0.4) is 0 Å². The van der Waals surface area contributed by atoms with Crippen LogP contribution in [0.5, 0.6) is 0 Å². The summed E-state index contributed by atoms with van der Waals surface area (Å²) in [6, 6.07) is -2.83. The number of carbonyl (C=O) groups excluding carboxylic acids is 1. The molecule has 0 radical (unpaired) electrons. The van der Waals surface area contributed by atoms with Crippen LogP contribution in [0.15, 0.2) is 0 Å². The number of rotatable bonds is 3. The Balaban J connectivity index is 1.99. The van der Waals surface area contributed by atoms with Gasteiger partial charge in [0.05, 0.1) is 17.0 Å². The number of sulfone groups is 1. The minimum absolute atomic E-state index is 0.0604. The zero-order valence-electron chi connectivity index (χ0n) is 12.4. The summed E-state index contributed by atoms with van der Waals surface area (Å²) in [5.41, 5.74) is -1.01. The molecule has 0 aromatic rings. The first-order valence-electron chi connectivity index (χ1n) is 7.37. The molecule has 0 spiro atoms. The number of amides is 2. The molecule has 5 nitrogen and oxygen atoms in total. The summed E-state index contributed by atoms with van der Waals surface area (Å²) in [7, 11) is -3.24. The predicted molar refractivity (Wildman–Crippen MR) is 75.1 cm³/mol. The van der Waals surface area contributed by atoms with Crippen molar-refractivity contribution in [1.82, 2.24) is 10.6 Å². The average molecular weight is 342 g/mol. The fourth-order valence-corrected chi connectivity index (χ4v) is 5.41. The lowest BCUT2D eigenvalue weighted by molar-refractivity contribution is -0.164. The summed E-state index contributed by atoms with van der Waals surface area (Å²) < 4.78 is 62.3. The maximum atomic E-state index is 13.1. The van der Waals surface area contributed by atoms with Crippen molar-refractivity contribution in [2.45, 2.75) is 56.8 Å². The van der Waals surface area contributed by atoms with E-state index in [9.17, 15) is 26.4 Å². The predicted octanol–water partition coefficient (Wildman–Crippen LogP) is 1.98. The van der Waals surface area contributed by atoms with Crippen LogP contribution in [0.2, 0.25) is 0 Å². The zero-order chi connectivity index (χ0) is 16.6. The van der Waals surface area contributed by atoms with Gasteiger partial charge in [0.15, 0.2) is 9.84 Å². The van der Waals surface area contributed by atoms with Crippen LogP contribution >= 0.6 is 0 Å². The molecule has 22 heavy (non-hydrogen) atoms. The van der Waals surface area contributed by atoms with Gasteiger partial charge in [0, 0.05) is 0 Å². The van der Waals surface area contributed by atoms with Gasteiger partial charge in [0.1, 0.15) is 6.04 Å². The molecule has 0 aromatic carbocycles. The van der Waals surface area contributed by atoms with Crippen molar-refractivity contribution >= 4 is 15.9 Å². The molecule has 0 aromatic heterocycles. The molecule has 2 unspecified atom stereocenters. The fraction of sp³-hybridized carbons (Fsp3) is 0.923. The molecule has 1 aliphatic carbocycles. The minimum atomic E-state index is -4.50. The molecule has 1 aliphatic heterocycles. The Kier molecular flexibility index (Phi) is 4.66. The summed E-state index contributed by atoms with van der Waals surface area (Å²) in [4.78, 5) is 11.9. The smallest absolute Gasteiger partial charge is 0.332 e. The fourth-order valence-electron chi connectivity index (χ4n) is 3.32. The molecular formula is C13H21F3N2O3S. The van der Waals surface area contributed by atoms with E-state index >= 15 is 0 Å². The van der Waals surface area contributed by atoms with Gasteiger partial charge in [-0.2, -0.15) is 13.2 Å². The molecule has 1 saturated heterocycles. The van der Waals surface area contributed by atoms with E-state index in [0.29, 0.717) is 12.8 Å². The summed E-state index contributed by atoms with van der Waals surface area (Å²) in [6.45, 7) is 1.54. The van der Waals surface area contributed by atoms with Crippen LogP contribution < -0.4 is 10.6 Å². The van der Waals surface area contributed by atoms with Crippen molar-refractivity contribution in [2.24, 2.45) is 5.92 Å². The third-order valence-electron chi connectivity index (χ3n) is 4.43. The third kappa shape index (κ3) is 4.27. The van der Waals surface area contributed by atoms with E-state index in [2.05, 4.69) is 5.32 Å². The Hall–Kier alpha value is -0.990. The second kappa shape index (κ2) is 5.90. The summed E-state index contributed by atoms with van der Waals surface area (Å²) >= 11 is 0. The highest BCUT2D eigenvalue weighted by Gasteiger charge is 2.47. The molecule has 2 rings (SSSR count). The number of carbonyl (C=O) groups is 1. The standard InChI is InChI=1S/C13H21F3N2O3S/c1-12(6-7-22(20,21)8-12)18-11(19)17-10(13(14,15)16)9-4-2-3-5-9/h9-10H,2-8H2,1H3,(H2,17,18,19). The van der Waals surface area contributed by atoms with E-state index in [1.165, 1.54) is 6.92 Å². The maximum absolute atomic E-state index is 13.1. The van der Waals surface area contributed by atoms with Gasteiger partial charge in [-0.3, -0.25) is 0 Å². The Morgan fingerprint density at radius 1 is 1.27 bits per heavy atom. The summed E-state index contributed by atoms with van der Waals surface area (Å²) in [5.74, 6) is -0.909. The van der Waals surface area contributed by atoms with Crippen molar-refractivity contribution < 1.29 is 26.4 Å². The number of halogens is 3. The Bertz CT molecular complexity index is 529. The van der Waals surface area contributed by atoms with E-state index < -0.39 is 39.5 Å². The number of hydrogen-bond acceptors (Lipinski definition) is 3. The first-order valence-corrected chi connectivity index (χ1v) is 9.19. The zero-order valence-corrected chi connectivity index (χ0v) is 13.2. The van der Waals surface area contributed by atoms with Crippen LogP contribution in [-0.4, -0.2) is 43.7 Å². The Labute approximate surface area is 127 Å². The van der Waals surface area contributed by atoms with Crippen LogP contribution in [0.4, 0.5) is 18.0 Å². The lowest BCUT2D eigenvalue weighted by atomic mass is 9.97. The number of nitrogens with one attached hydrogen (secondary N) is 2. The molecule has 9 heteroatoms. The Morgan fingerprint density at radius 2 is 1.86 bits per heavy atom. The first kappa shape index (κ1) is 17.4. The molecular weight excluding hydrogens is 321 g/mol. The minimum Gasteiger partial charge on any atom is -0.332 e. The highest BCUT2D eigenvalue weighted by atomic mass is 32.2. The molecule has 2 fully saturated rings. The van der Waals surface area contributed by atoms with Gasteiger partial charge in [-0.05, 0) is 32.1 Å². The van der Waals surface area contributed by atoms with Crippen molar-refractivity contribution in [1.29, 1.82) is 0 Å². The highest BCUT2D eigenvalue weighted by molar-refractivity contribution is 7.91. The monoisotopic (exact) mass is 342 g/mol. The second-order valence-electron chi connectivity index (χ2n) is 6.56. The summed E-state index contributed by atoms with van der Waals surface area (Å²) in [5, 5.41) is 4.42. The van der Waals surface area contributed by atoms with Gasteiger partial charge >= 0.3 is 12.2 Å². The van der Waals surface area contributed by atoms with Gasteiger partial charge in [0.2, 0.25) is 0 Å². The second-order valence-corrected chi connectivity index (χ2v) is 8.75. The molecule has 2 aliphatic rings. The molecule has 1 heterocycles. The van der Waals surface area contributed by atoms with Gasteiger partial charge < -0.3 is 10.6 Å². The van der Waals surface area contributed by atoms with E-state index in [1.54, 1.807) is 0 Å². The number of hydrogen-bond donors (Lipinski definition) is 2. The van der Waals surface area contributed by atoms with Gasteiger partial charge in [-0.15, -0.1) is 0 Å². The van der Waals surface area contributed by atoms with Gasteiger partial charge in [-0.1, -0.05) is 12.8 Å². The highest BCUT2D eigenvalue weighted by Crippen LogP contribution is 2.35. The van der Waals surface area contributed by atoms with E-state index in [0.717, 1.165) is 12.8 Å². The van der Waals surface area contributed by atoms with Crippen LogP contribution in [0.25, 0.3) is 0 Å². The van der Waals surface area contributed by atoms with Gasteiger partial charge in [0.25, 0.3) is 0 Å². The lowest BCUT2D eigenvalue weighted by Gasteiger charge is -2.30. The van der Waals surface area contributed by atoms with Crippen molar-refractivity contribution in [3.05, 3.63) is 0 Å². The normalized spacial score (nSPS) is 30.2. The van der Waals surface area contributed by atoms with Crippen LogP contribution in [0, 0.1) is 5.92 Å². The Morgan fingerprint density at radius 3 is 2.32 bits per heavy atom. The van der Waals surface area contributed by atoms with Crippen molar-refractivity contribution in [3.63, 3.8) is 0 Å². The van der Waals surface area contributed by atoms with Crippen molar-refractivity contribution in [3.8, 4) is 0 Å².